The average Bonchev–Trinajstić information content (AvgIpc) is 2.53. The SMILES string of the molecule is C=C/C(=C\C=C(/C=C)C(C)(CC)CC)SC(C)(CC)CC. The Kier molecular flexibility index (Phi) is 9.04. The Labute approximate surface area is 137 Å². The Hall–Kier alpha value is -0.690. The molecule has 0 bridgehead atoms. The maximum atomic E-state index is 4.00. The molecule has 0 fully saturated rings. The van der Waals surface area contributed by atoms with Gasteiger partial charge in [0.25, 0.3) is 0 Å². The molecule has 0 aromatic carbocycles. The van der Waals surface area contributed by atoms with Gasteiger partial charge in [0.05, 0.1) is 0 Å². The Bertz CT molecular complexity index is 390. The molecule has 0 aromatic heterocycles. The molecular formula is C20H34S. The van der Waals surface area contributed by atoms with Gasteiger partial charge in [0.2, 0.25) is 0 Å². The molecule has 0 saturated carbocycles. The van der Waals surface area contributed by atoms with E-state index in [0.717, 1.165) is 12.8 Å². The number of allylic oxidation sites excluding steroid dienone is 5. The van der Waals surface area contributed by atoms with Gasteiger partial charge in [-0.05, 0) is 42.7 Å². The number of rotatable bonds is 10. The maximum absolute atomic E-state index is 4.00. The van der Waals surface area contributed by atoms with E-state index in [1.165, 1.54) is 23.3 Å². The fraction of sp³-hybridized carbons (Fsp3) is 0.600. The highest BCUT2D eigenvalue weighted by Gasteiger charge is 2.23. The van der Waals surface area contributed by atoms with E-state index in [4.69, 9.17) is 0 Å². The molecule has 0 N–H and O–H groups in total. The van der Waals surface area contributed by atoms with Crippen molar-refractivity contribution in [2.75, 3.05) is 0 Å². The van der Waals surface area contributed by atoms with Gasteiger partial charge in [-0.1, -0.05) is 72.9 Å². The number of hydrogen-bond acceptors (Lipinski definition) is 1. The van der Waals surface area contributed by atoms with Gasteiger partial charge in [0.15, 0.2) is 0 Å². The van der Waals surface area contributed by atoms with Crippen LogP contribution in [0.1, 0.15) is 67.2 Å². The predicted octanol–water partition coefficient (Wildman–Crippen LogP) is 7.31. The van der Waals surface area contributed by atoms with E-state index in [9.17, 15) is 0 Å². The molecule has 0 aliphatic rings. The highest BCUT2D eigenvalue weighted by molar-refractivity contribution is 8.04. The molecule has 0 aliphatic carbocycles. The highest BCUT2D eigenvalue weighted by Crippen LogP contribution is 2.39. The third kappa shape index (κ3) is 5.90. The van der Waals surface area contributed by atoms with Crippen molar-refractivity contribution < 1.29 is 0 Å². The zero-order chi connectivity index (χ0) is 16.5. The minimum atomic E-state index is 0.216. The van der Waals surface area contributed by atoms with Crippen molar-refractivity contribution in [1.82, 2.24) is 0 Å². The van der Waals surface area contributed by atoms with Crippen LogP contribution >= 0.6 is 11.8 Å². The zero-order valence-corrected chi connectivity index (χ0v) is 15.8. The summed E-state index contributed by atoms with van der Waals surface area (Å²) in [7, 11) is 0. The van der Waals surface area contributed by atoms with Gasteiger partial charge in [-0.25, -0.2) is 0 Å². The maximum Gasteiger partial charge on any atom is 0.0173 e. The molecule has 0 atom stereocenters. The summed E-state index contributed by atoms with van der Waals surface area (Å²) >= 11 is 1.93. The largest absolute Gasteiger partial charge is 0.120 e. The highest BCUT2D eigenvalue weighted by atomic mass is 32.2. The molecule has 0 heterocycles. The van der Waals surface area contributed by atoms with E-state index in [0.29, 0.717) is 4.75 Å². The van der Waals surface area contributed by atoms with Crippen LogP contribution in [-0.4, -0.2) is 4.75 Å². The van der Waals surface area contributed by atoms with E-state index < -0.39 is 0 Å². The van der Waals surface area contributed by atoms with Crippen LogP contribution in [0.15, 0.2) is 47.9 Å². The summed E-state index contributed by atoms with van der Waals surface area (Å²) in [6, 6.07) is 0. The van der Waals surface area contributed by atoms with Crippen LogP contribution in [-0.2, 0) is 0 Å². The molecule has 21 heavy (non-hydrogen) atoms. The lowest BCUT2D eigenvalue weighted by atomic mass is 9.77. The molecule has 0 unspecified atom stereocenters. The summed E-state index contributed by atoms with van der Waals surface area (Å²) in [4.78, 5) is 1.25. The molecule has 0 saturated heterocycles. The second-order valence-electron chi connectivity index (χ2n) is 6.13. The Morgan fingerprint density at radius 3 is 1.71 bits per heavy atom. The minimum absolute atomic E-state index is 0.216. The fourth-order valence-corrected chi connectivity index (χ4v) is 3.25. The monoisotopic (exact) mass is 306 g/mol. The zero-order valence-electron chi connectivity index (χ0n) is 15.0. The predicted molar refractivity (Wildman–Crippen MR) is 102 cm³/mol. The van der Waals surface area contributed by atoms with Crippen molar-refractivity contribution in [3.63, 3.8) is 0 Å². The first-order valence-corrected chi connectivity index (χ1v) is 9.02. The minimum Gasteiger partial charge on any atom is -0.120 e. The lowest BCUT2D eigenvalue weighted by molar-refractivity contribution is 0.377. The standard InChI is InChI=1S/C20H34S/c1-9-17(19(7,11-3)12-4)15-16-18(10-2)21-20(8,13-5)14-6/h9-10,15-16H,1-2,11-14H2,3-8H3/b17-15+,18-16+. The second kappa shape index (κ2) is 9.35. The van der Waals surface area contributed by atoms with Gasteiger partial charge < -0.3 is 0 Å². The normalized spacial score (nSPS) is 14.2. The molecule has 0 aromatic rings. The summed E-state index contributed by atoms with van der Waals surface area (Å²) in [6.45, 7) is 21.6. The molecule has 1 heteroatoms. The van der Waals surface area contributed by atoms with Crippen molar-refractivity contribution in [2.45, 2.75) is 72.0 Å². The van der Waals surface area contributed by atoms with Crippen LogP contribution in [0.4, 0.5) is 0 Å². The second-order valence-corrected chi connectivity index (χ2v) is 7.79. The van der Waals surface area contributed by atoms with Crippen LogP contribution < -0.4 is 0 Å². The fourth-order valence-electron chi connectivity index (χ4n) is 2.17. The van der Waals surface area contributed by atoms with E-state index in [1.54, 1.807) is 0 Å². The molecule has 0 spiro atoms. The van der Waals surface area contributed by atoms with Crippen molar-refractivity contribution in [2.24, 2.45) is 5.41 Å². The van der Waals surface area contributed by atoms with Crippen molar-refractivity contribution in [1.29, 1.82) is 0 Å². The van der Waals surface area contributed by atoms with Crippen LogP contribution in [0.5, 0.6) is 0 Å². The smallest absolute Gasteiger partial charge is 0.0173 e. The molecule has 0 radical (unpaired) electrons. The van der Waals surface area contributed by atoms with E-state index in [1.807, 2.05) is 23.9 Å². The summed E-state index contributed by atoms with van der Waals surface area (Å²) in [5.74, 6) is 0. The first-order chi connectivity index (χ1) is 9.84. The molecular weight excluding hydrogens is 272 g/mol. The first-order valence-electron chi connectivity index (χ1n) is 8.21. The molecule has 0 nitrogen and oxygen atoms in total. The van der Waals surface area contributed by atoms with E-state index >= 15 is 0 Å². The van der Waals surface area contributed by atoms with Gasteiger partial charge in [-0.15, -0.1) is 11.8 Å². The van der Waals surface area contributed by atoms with Crippen LogP contribution in [0.2, 0.25) is 0 Å². The van der Waals surface area contributed by atoms with Crippen molar-refractivity contribution >= 4 is 11.8 Å². The van der Waals surface area contributed by atoms with Crippen LogP contribution in [0.3, 0.4) is 0 Å². The lowest BCUT2D eigenvalue weighted by Crippen LogP contribution is -2.17. The lowest BCUT2D eigenvalue weighted by Gasteiger charge is -2.28. The van der Waals surface area contributed by atoms with Crippen molar-refractivity contribution in [3.8, 4) is 0 Å². The summed E-state index contributed by atoms with van der Waals surface area (Å²) < 4.78 is 0.293. The van der Waals surface area contributed by atoms with Crippen LogP contribution in [0.25, 0.3) is 0 Å². The van der Waals surface area contributed by atoms with Gasteiger partial charge in [-0.2, -0.15) is 0 Å². The first kappa shape index (κ1) is 20.3. The van der Waals surface area contributed by atoms with Gasteiger partial charge in [-0.3, -0.25) is 0 Å². The van der Waals surface area contributed by atoms with Gasteiger partial charge in [0, 0.05) is 9.65 Å². The van der Waals surface area contributed by atoms with Crippen LogP contribution in [0, 0.1) is 5.41 Å². The quantitative estimate of drug-likeness (QED) is 0.381. The van der Waals surface area contributed by atoms with E-state index in [-0.39, 0.29) is 5.41 Å². The van der Waals surface area contributed by atoms with Gasteiger partial charge in [0.1, 0.15) is 0 Å². The molecule has 0 rings (SSSR count). The third-order valence-electron chi connectivity index (χ3n) is 4.97. The number of hydrogen-bond donors (Lipinski definition) is 0. The summed E-state index contributed by atoms with van der Waals surface area (Å²) in [5.41, 5.74) is 1.54. The average molecular weight is 307 g/mol. The Morgan fingerprint density at radius 1 is 0.857 bits per heavy atom. The number of thioether (sulfide) groups is 1. The molecule has 120 valence electrons. The summed E-state index contributed by atoms with van der Waals surface area (Å²) in [5, 5.41) is 0. The molecule has 0 aliphatic heterocycles. The van der Waals surface area contributed by atoms with Gasteiger partial charge >= 0.3 is 0 Å². The van der Waals surface area contributed by atoms with E-state index in [2.05, 4.69) is 66.9 Å². The Balaban J connectivity index is 5.37. The topological polar surface area (TPSA) is 0 Å². The Morgan fingerprint density at radius 2 is 1.38 bits per heavy atom. The third-order valence-corrected chi connectivity index (χ3v) is 6.57. The summed E-state index contributed by atoms with van der Waals surface area (Å²) in [6.07, 6.45) is 13.0. The molecule has 0 amide bonds. The van der Waals surface area contributed by atoms with Crippen molar-refractivity contribution in [3.05, 3.63) is 47.9 Å².